The Balaban J connectivity index is 1.54. The van der Waals surface area contributed by atoms with Gasteiger partial charge in [0.2, 0.25) is 5.91 Å². The summed E-state index contributed by atoms with van der Waals surface area (Å²) in [6.45, 7) is 1.25. The average molecular weight is 527 g/mol. The molecule has 4 aromatic rings. The second-order valence-corrected chi connectivity index (χ2v) is 9.70. The minimum atomic E-state index is -0.633. The van der Waals surface area contributed by atoms with E-state index in [1.165, 1.54) is 0 Å². The summed E-state index contributed by atoms with van der Waals surface area (Å²) in [5.41, 5.74) is 15.5. The van der Waals surface area contributed by atoms with Crippen LogP contribution in [0.5, 0.6) is 11.5 Å². The van der Waals surface area contributed by atoms with Crippen LogP contribution in [0.3, 0.4) is 0 Å². The molecule has 0 unspecified atom stereocenters. The van der Waals surface area contributed by atoms with Gasteiger partial charge < -0.3 is 25.8 Å². The lowest BCUT2D eigenvalue weighted by molar-refractivity contribution is -0.136. The molecular formula is C32H38N4O3. The molecule has 4 N–H and O–H groups in total. The van der Waals surface area contributed by atoms with Crippen LogP contribution in [-0.4, -0.2) is 48.1 Å². The summed E-state index contributed by atoms with van der Waals surface area (Å²) in [6, 6.07) is 26.9. The first-order chi connectivity index (χ1) is 19.1. The van der Waals surface area contributed by atoms with Gasteiger partial charge in [-0.05, 0) is 67.6 Å². The number of benzene rings is 3. The molecule has 204 valence electrons. The number of fused-ring (bicyclic) bond motifs is 1. The van der Waals surface area contributed by atoms with E-state index in [4.69, 9.17) is 20.9 Å². The molecule has 3 aromatic carbocycles. The highest BCUT2D eigenvalue weighted by molar-refractivity contribution is 5.82. The molecule has 0 saturated heterocycles. The molecule has 2 atom stereocenters. The van der Waals surface area contributed by atoms with E-state index in [9.17, 15) is 4.79 Å². The van der Waals surface area contributed by atoms with Gasteiger partial charge in [0, 0.05) is 11.9 Å². The number of aromatic nitrogens is 1. The maximum Gasteiger partial charge on any atom is 0.240 e. The lowest BCUT2D eigenvalue weighted by Crippen LogP contribution is -2.50. The van der Waals surface area contributed by atoms with Crippen LogP contribution in [-0.2, 0) is 17.8 Å². The molecule has 1 aromatic heterocycles. The smallest absolute Gasteiger partial charge is 0.240 e. The van der Waals surface area contributed by atoms with Gasteiger partial charge in [0.1, 0.15) is 18.1 Å². The van der Waals surface area contributed by atoms with Crippen molar-refractivity contribution in [2.45, 2.75) is 44.3 Å². The lowest BCUT2D eigenvalue weighted by Gasteiger charge is -2.34. The third kappa shape index (κ3) is 8.02. The van der Waals surface area contributed by atoms with E-state index in [1.54, 1.807) is 13.3 Å². The Kier molecular flexibility index (Phi) is 10.3. The third-order valence-electron chi connectivity index (χ3n) is 6.89. The second-order valence-electron chi connectivity index (χ2n) is 9.70. The lowest BCUT2D eigenvalue weighted by atomic mass is 10.0. The maximum atomic E-state index is 13.9. The highest BCUT2D eigenvalue weighted by atomic mass is 16.5. The Hall–Kier alpha value is -3.94. The Morgan fingerprint density at radius 3 is 2.41 bits per heavy atom. The monoisotopic (exact) mass is 526 g/mol. The van der Waals surface area contributed by atoms with Crippen LogP contribution in [0.4, 0.5) is 0 Å². The number of aryl methyl sites for hydroxylation is 1. The second kappa shape index (κ2) is 14.3. The molecular weight excluding hydrogens is 488 g/mol. The fourth-order valence-electron chi connectivity index (χ4n) is 4.62. The van der Waals surface area contributed by atoms with E-state index in [1.807, 2.05) is 77.7 Å². The van der Waals surface area contributed by atoms with Crippen LogP contribution >= 0.6 is 0 Å². The van der Waals surface area contributed by atoms with Crippen LogP contribution in [0, 0.1) is 0 Å². The van der Waals surface area contributed by atoms with E-state index in [-0.39, 0.29) is 11.9 Å². The fourth-order valence-corrected chi connectivity index (χ4v) is 4.62. The van der Waals surface area contributed by atoms with Gasteiger partial charge in [-0.2, -0.15) is 0 Å². The van der Waals surface area contributed by atoms with Crippen LogP contribution in [0.15, 0.2) is 91.1 Å². The van der Waals surface area contributed by atoms with Crippen LogP contribution in [0.2, 0.25) is 0 Å². The zero-order chi connectivity index (χ0) is 27.5. The highest BCUT2D eigenvalue weighted by Crippen LogP contribution is 2.22. The van der Waals surface area contributed by atoms with E-state index in [2.05, 4.69) is 17.1 Å². The molecule has 0 aliphatic heterocycles. The summed E-state index contributed by atoms with van der Waals surface area (Å²) in [6.07, 6.45) is 4.47. The Morgan fingerprint density at radius 2 is 1.67 bits per heavy atom. The average Bonchev–Trinajstić information content (AvgIpc) is 2.99. The first-order valence-electron chi connectivity index (χ1n) is 13.5. The first-order valence-corrected chi connectivity index (χ1v) is 13.5. The predicted octanol–water partition coefficient (Wildman–Crippen LogP) is 4.72. The molecule has 7 nitrogen and oxygen atoms in total. The number of methoxy groups -OCH3 is 1. The summed E-state index contributed by atoms with van der Waals surface area (Å²) in [5, 5.41) is 1.00. The van der Waals surface area contributed by atoms with Gasteiger partial charge in [-0.3, -0.25) is 9.78 Å². The molecule has 1 heterocycles. The third-order valence-corrected chi connectivity index (χ3v) is 6.89. The molecule has 4 rings (SSSR count). The van der Waals surface area contributed by atoms with E-state index < -0.39 is 6.04 Å². The fraction of sp³-hybridized carbons (Fsp3) is 0.312. The number of rotatable bonds is 14. The van der Waals surface area contributed by atoms with Crippen LogP contribution < -0.4 is 20.9 Å². The van der Waals surface area contributed by atoms with Gasteiger partial charge in [0.05, 0.1) is 30.9 Å². The normalized spacial score (nSPS) is 12.6. The number of amides is 1. The number of carbonyl (C=O) groups excluding carboxylic acids is 1. The van der Waals surface area contributed by atoms with Gasteiger partial charge in [-0.15, -0.1) is 0 Å². The largest absolute Gasteiger partial charge is 0.497 e. The minimum Gasteiger partial charge on any atom is -0.497 e. The first kappa shape index (κ1) is 28.1. The summed E-state index contributed by atoms with van der Waals surface area (Å²) in [5.74, 6) is 1.34. The SMILES string of the molecule is COc1ccc(CN(C(=O)[C@@H](N)CCc2ccccc2)[C@@H](CCCN)COc2cnc3ccccc3c2)cc1. The number of hydrogen-bond donors (Lipinski definition) is 2. The molecule has 0 aliphatic carbocycles. The highest BCUT2D eigenvalue weighted by Gasteiger charge is 2.28. The number of pyridine rings is 1. The van der Waals surface area contributed by atoms with Gasteiger partial charge in [0.15, 0.2) is 0 Å². The number of nitrogens with two attached hydrogens (primary N) is 2. The predicted molar refractivity (Wildman–Crippen MR) is 156 cm³/mol. The molecule has 0 fully saturated rings. The van der Waals surface area contributed by atoms with Crippen molar-refractivity contribution in [3.05, 3.63) is 102 Å². The van der Waals surface area contributed by atoms with Crippen molar-refractivity contribution < 1.29 is 14.3 Å². The van der Waals surface area contributed by atoms with Crippen molar-refractivity contribution in [1.82, 2.24) is 9.88 Å². The van der Waals surface area contributed by atoms with Crippen molar-refractivity contribution in [2.75, 3.05) is 20.3 Å². The quantitative estimate of drug-likeness (QED) is 0.246. The van der Waals surface area contributed by atoms with Gasteiger partial charge in [0.25, 0.3) is 0 Å². The van der Waals surface area contributed by atoms with E-state index >= 15 is 0 Å². The van der Waals surface area contributed by atoms with Crippen molar-refractivity contribution in [3.8, 4) is 11.5 Å². The standard InChI is InChI=1S/C32H38N4O3/c1-38-28-16-13-25(14-17-28)22-36(32(37)30(34)18-15-24-8-3-2-4-9-24)27(11-7-19-33)23-39-29-20-26-10-5-6-12-31(26)35-21-29/h2-6,8-10,12-14,16-17,20-21,27,30H,7,11,15,18-19,22-23,33-34H2,1H3/t27-,30-/m0/s1. The molecule has 7 heteroatoms. The zero-order valence-corrected chi connectivity index (χ0v) is 22.5. The molecule has 0 aliphatic rings. The van der Waals surface area contributed by atoms with Gasteiger partial charge in [-0.1, -0.05) is 60.7 Å². The molecule has 0 saturated carbocycles. The number of carbonyl (C=O) groups is 1. The minimum absolute atomic E-state index is 0.0935. The number of ether oxygens (including phenoxy) is 2. The molecule has 0 spiro atoms. The molecule has 0 bridgehead atoms. The molecule has 39 heavy (non-hydrogen) atoms. The van der Waals surface area contributed by atoms with Crippen molar-refractivity contribution in [2.24, 2.45) is 11.5 Å². The van der Waals surface area contributed by atoms with Crippen molar-refractivity contribution >= 4 is 16.8 Å². The number of hydrogen-bond acceptors (Lipinski definition) is 6. The van der Waals surface area contributed by atoms with Gasteiger partial charge in [-0.25, -0.2) is 0 Å². The molecule has 1 amide bonds. The number of para-hydroxylation sites is 1. The number of nitrogens with zero attached hydrogens (tertiary/aromatic N) is 2. The van der Waals surface area contributed by atoms with Crippen molar-refractivity contribution in [3.63, 3.8) is 0 Å². The Morgan fingerprint density at radius 1 is 0.923 bits per heavy atom. The van der Waals surface area contributed by atoms with Crippen LogP contribution in [0.1, 0.15) is 30.4 Å². The van der Waals surface area contributed by atoms with E-state index in [0.29, 0.717) is 38.3 Å². The van der Waals surface area contributed by atoms with Crippen molar-refractivity contribution in [1.29, 1.82) is 0 Å². The summed E-state index contributed by atoms with van der Waals surface area (Å²) < 4.78 is 11.5. The topological polar surface area (TPSA) is 104 Å². The summed E-state index contributed by atoms with van der Waals surface area (Å²) >= 11 is 0. The van der Waals surface area contributed by atoms with Crippen LogP contribution in [0.25, 0.3) is 10.9 Å². The Labute approximate surface area is 230 Å². The van der Waals surface area contributed by atoms with Gasteiger partial charge >= 0.3 is 0 Å². The molecule has 0 radical (unpaired) electrons. The maximum absolute atomic E-state index is 13.9. The van der Waals surface area contributed by atoms with E-state index in [0.717, 1.165) is 40.6 Å². The zero-order valence-electron chi connectivity index (χ0n) is 22.5. The summed E-state index contributed by atoms with van der Waals surface area (Å²) in [7, 11) is 1.64. The summed E-state index contributed by atoms with van der Waals surface area (Å²) in [4.78, 5) is 20.2. The Bertz CT molecular complexity index is 1310.